The van der Waals surface area contributed by atoms with Crippen molar-refractivity contribution in [1.29, 1.82) is 0 Å². The molecule has 0 heterocycles. The Hall–Kier alpha value is 0.728. The molecule has 8 nitrogen and oxygen atoms in total. The predicted octanol–water partition coefficient (Wildman–Crippen LogP) is 1.18. The topological polar surface area (TPSA) is 149 Å². The van der Waals surface area contributed by atoms with E-state index in [1.54, 1.807) is 5.21 Å². The van der Waals surface area contributed by atoms with Crippen molar-refractivity contribution in [2.45, 2.75) is 16.6 Å². The molecule has 0 saturated carbocycles. The third-order valence-electron chi connectivity index (χ3n) is 0.994. The van der Waals surface area contributed by atoms with Crippen molar-refractivity contribution >= 4 is 43.4 Å². The Morgan fingerprint density at radius 3 is 1.17 bits per heavy atom. The summed E-state index contributed by atoms with van der Waals surface area (Å²) < 4.78 is 63.2. The first-order valence-corrected chi connectivity index (χ1v) is 14.6. The van der Waals surface area contributed by atoms with Gasteiger partial charge in [-0.3, -0.25) is 18.2 Å². The smallest absolute Gasteiger partial charge is 0.264 e. The van der Waals surface area contributed by atoms with Gasteiger partial charge in [0.1, 0.15) is 0 Å². The van der Waals surface area contributed by atoms with E-state index in [0.717, 1.165) is 0 Å². The second kappa shape index (κ2) is 11.5. The van der Waals surface area contributed by atoms with Gasteiger partial charge >= 0.3 is 79.5 Å². The summed E-state index contributed by atoms with van der Waals surface area (Å²) >= 11 is -0.266. The minimum absolute atomic E-state index is 0.266. The Balaban J connectivity index is -0.000000197. The molecule has 0 aliphatic rings. The standard InChI is InChI=1S/C6H16AsP.2H2O4S/c1-7(2)5-6-8(3)4;2*1-5(2,3)4/h5-6H2,1-4H3;2*(H2,1,2,3,4). The van der Waals surface area contributed by atoms with Crippen LogP contribution in [0.25, 0.3) is 0 Å². The van der Waals surface area contributed by atoms with E-state index >= 15 is 0 Å². The van der Waals surface area contributed by atoms with Crippen LogP contribution in [-0.2, 0) is 20.8 Å². The van der Waals surface area contributed by atoms with E-state index in [-0.39, 0.29) is 14.7 Å². The molecule has 0 spiro atoms. The van der Waals surface area contributed by atoms with Crippen LogP contribution < -0.4 is 0 Å². The average molecular weight is 390 g/mol. The number of hydrogen-bond donors (Lipinski definition) is 4. The summed E-state index contributed by atoms with van der Waals surface area (Å²) in [5, 5.41) is 1.56. The molecule has 114 valence electrons. The van der Waals surface area contributed by atoms with Crippen LogP contribution >= 0.6 is 7.92 Å². The molecule has 0 unspecified atom stereocenters. The first-order valence-electron chi connectivity index (χ1n) is 4.32. The maximum Gasteiger partial charge on any atom is 0.394 e. The molecule has 0 amide bonds. The van der Waals surface area contributed by atoms with Gasteiger partial charge in [0.2, 0.25) is 0 Å². The molecule has 0 aromatic rings. The van der Waals surface area contributed by atoms with Crippen LogP contribution in [0.4, 0.5) is 0 Å². The van der Waals surface area contributed by atoms with E-state index in [0.29, 0.717) is 7.92 Å². The van der Waals surface area contributed by atoms with E-state index in [4.69, 9.17) is 35.0 Å². The zero-order chi connectivity index (χ0) is 15.6. The van der Waals surface area contributed by atoms with Gasteiger partial charge < -0.3 is 0 Å². The third kappa shape index (κ3) is 126. The molecule has 18 heavy (non-hydrogen) atoms. The molecule has 4 N–H and O–H groups in total. The van der Waals surface area contributed by atoms with E-state index in [9.17, 15) is 0 Å². The molecule has 0 aliphatic heterocycles. The van der Waals surface area contributed by atoms with Crippen molar-refractivity contribution in [3.8, 4) is 0 Å². The van der Waals surface area contributed by atoms with Crippen LogP contribution in [0.3, 0.4) is 0 Å². The summed E-state index contributed by atoms with van der Waals surface area (Å²) in [6, 6.07) is 0. The zero-order valence-electron chi connectivity index (χ0n) is 10.5. The largest absolute Gasteiger partial charge is 0.394 e. The van der Waals surface area contributed by atoms with Gasteiger partial charge in [0.15, 0.2) is 0 Å². The van der Waals surface area contributed by atoms with Crippen LogP contribution in [0.1, 0.15) is 0 Å². The van der Waals surface area contributed by atoms with Gasteiger partial charge in [0.25, 0.3) is 0 Å². The van der Waals surface area contributed by atoms with Gasteiger partial charge in [-0.1, -0.05) is 0 Å². The molecular formula is C6H20AsO8PS2. The maximum absolute atomic E-state index is 8.74. The Bertz CT molecular complexity index is 322. The Morgan fingerprint density at radius 2 is 1.11 bits per heavy atom. The van der Waals surface area contributed by atoms with Crippen LogP contribution in [0.2, 0.25) is 16.6 Å². The van der Waals surface area contributed by atoms with Crippen LogP contribution in [0.5, 0.6) is 0 Å². The van der Waals surface area contributed by atoms with Gasteiger partial charge in [0, 0.05) is 0 Å². The fourth-order valence-corrected chi connectivity index (χ4v) is 6.24. The average Bonchev–Trinajstić information content (AvgIpc) is 1.93. The molecule has 12 heteroatoms. The maximum atomic E-state index is 8.74. The Morgan fingerprint density at radius 1 is 0.889 bits per heavy atom. The molecule has 0 atom stereocenters. The van der Waals surface area contributed by atoms with Gasteiger partial charge in [-0.25, -0.2) is 0 Å². The molecule has 0 aromatic heterocycles. The Labute approximate surface area is 114 Å². The van der Waals surface area contributed by atoms with Crippen LogP contribution in [0.15, 0.2) is 0 Å². The van der Waals surface area contributed by atoms with Crippen molar-refractivity contribution in [3.63, 3.8) is 0 Å². The van der Waals surface area contributed by atoms with Crippen LogP contribution in [0, 0.1) is 0 Å². The minimum Gasteiger partial charge on any atom is -0.264 e. The summed E-state index contributed by atoms with van der Waals surface area (Å²) in [5.74, 6) is 0. The van der Waals surface area contributed by atoms with Gasteiger partial charge in [-0.15, -0.1) is 0 Å². The van der Waals surface area contributed by atoms with Gasteiger partial charge in [-0.05, 0) is 0 Å². The molecular weight excluding hydrogens is 370 g/mol. The molecule has 0 radical (unpaired) electrons. The minimum atomic E-state index is -4.67. The fourth-order valence-electron chi connectivity index (χ4n) is 0.400. The van der Waals surface area contributed by atoms with Crippen molar-refractivity contribution in [2.24, 2.45) is 0 Å². The van der Waals surface area contributed by atoms with E-state index < -0.39 is 20.8 Å². The second-order valence-corrected chi connectivity index (χ2v) is 13.4. The fraction of sp³-hybridized carbons (Fsp3) is 1.00. The predicted molar refractivity (Wildman–Crippen MR) is 74.3 cm³/mol. The molecule has 0 saturated heterocycles. The molecule has 0 fully saturated rings. The van der Waals surface area contributed by atoms with Crippen molar-refractivity contribution in [1.82, 2.24) is 0 Å². The summed E-state index contributed by atoms with van der Waals surface area (Å²) in [6.45, 7) is 4.74. The molecule has 0 aromatic carbocycles. The number of hydrogen-bond acceptors (Lipinski definition) is 4. The summed E-state index contributed by atoms with van der Waals surface area (Å²) in [7, 11) is -8.93. The molecule has 0 bridgehead atoms. The first-order chi connectivity index (χ1) is 7.63. The van der Waals surface area contributed by atoms with E-state index in [1.165, 1.54) is 6.16 Å². The summed E-state index contributed by atoms with van der Waals surface area (Å²) in [4.78, 5) is 0. The van der Waals surface area contributed by atoms with Gasteiger partial charge in [0.05, 0.1) is 0 Å². The zero-order valence-corrected chi connectivity index (χ0v) is 15.0. The quantitative estimate of drug-likeness (QED) is 0.319. The second-order valence-electron chi connectivity index (χ2n) is 3.50. The Kier molecular flexibility index (Phi) is 15.3. The summed E-state index contributed by atoms with van der Waals surface area (Å²) in [5.41, 5.74) is 4.87. The first kappa shape index (κ1) is 23.8. The van der Waals surface area contributed by atoms with Crippen molar-refractivity contribution in [2.75, 3.05) is 19.5 Å². The van der Waals surface area contributed by atoms with Crippen molar-refractivity contribution < 1.29 is 35.0 Å². The SMILES string of the molecule is CP(C)CC[As](C)C.O=S(=O)(O)O.O=S(=O)(O)O. The monoisotopic (exact) mass is 390 g/mol. The molecule has 0 rings (SSSR count). The third-order valence-corrected chi connectivity index (χ3v) is 5.22. The van der Waals surface area contributed by atoms with Crippen LogP contribution in [-0.4, -0.2) is 69.2 Å². The van der Waals surface area contributed by atoms with E-state index in [1.807, 2.05) is 0 Å². The number of rotatable bonds is 3. The van der Waals surface area contributed by atoms with Gasteiger partial charge in [-0.2, -0.15) is 16.8 Å². The van der Waals surface area contributed by atoms with Crippen molar-refractivity contribution in [3.05, 3.63) is 0 Å². The van der Waals surface area contributed by atoms with E-state index in [2.05, 4.69) is 24.8 Å². The molecule has 0 aliphatic carbocycles. The normalized spacial score (nSPS) is 11.4. The summed E-state index contributed by atoms with van der Waals surface area (Å²) in [6.07, 6.45) is 1.52.